The maximum absolute atomic E-state index is 9.96. The van der Waals surface area contributed by atoms with Crippen molar-refractivity contribution in [3.05, 3.63) is 131 Å². The average Bonchev–Trinajstić information content (AvgIpc) is 3.83. The molecule has 0 saturated carbocycles. The van der Waals surface area contributed by atoms with E-state index in [1.54, 1.807) is 24.3 Å². The predicted octanol–water partition coefficient (Wildman–Crippen LogP) is 6.03. The van der Waals surface area contributed by atoms with Crippen molar-refractivity contribution in [2.75, 3.05) is 39.3 Å². The third-order valence-electron chi connectivity index (χ3n) is 10.9. The van der Waals surface area contributed by atoms with Crippen molar-refractivity contribution in [3.8, 4) is 11.5 Å². The molecule has 3 aliphatic heterocycles. The number of nitrogens with zero attached hydrogens (tertiary/aromatic N) is 4. The molecule has 4 atom stereocenters. The van der Waals surface area contributed by atoms with Crippen LogP contribution in [0.5, 0.6) is 11.5 Å². The molecule has 51 heavy (non-hydrogen) atoms. The number of phenols is 2. The van der Waals surface area contributed by atoms with Gasteiger partial charge in [0.2, 0.25) is 0 Å². The number of thiocarbonyl (C=S) groups is 2. The van der Waals surface area contributed by atoms with Gasteiger partial charge >= 0.3 is 0 Å². The molecule has 0 aromatic heterocycles. The summed E-state index contributed by atoms with van der Waals surface area (Å²) in [6, 6.07) is 38.0. The summed E-state index contributed by atoms with van der Waals surface area (Å²) in [7, 11) is 0. The average molecular weight is 720 g/mol. The van der Waals surface area contributed by atoms with Crippen LogP contribution in [0.3, 0.4) is 0 Å². The molecule has 0 radical (unpaired) electrons. The van der Waals surface area contributed by atoms with Crippen molar-refractivity contribution in [2.24, 2.45) is 0 Å². The highest BCUT2D eigenvalue weighted by Crippen LogP contribution is 2.29. The molecule has 7 nitrogen and oxygen atoms in total. The smallest absolute Gasteiger partial charge is 0.172 e. The van der Waals surface area contributed by atoms with Crippen molar-refractivity contribution in [1.29, 1.82) is 0 Å². The van der Waals surface area contributed by atoms with Gasteiger partial charge in [0.25, 0.3) is 0 Å². The molecule has 7 rings (SSSR count). The Balaban J connectivity index is 1.10. The lowest BCUT2D eigenvalue weighted by molar-refractivity contribution is 0.159. The summed E-state index contributed by atoms with van der Waals surface area (Å²) in [4.78, 5) is 10.1. The van der Waals surface area contributed by atoms with Gasteiger partial charge in [-0.15, -0.1) is 0 Å². The van der Waals surface area contributed by atoms with Gasteiger partial charge in [0.05, 0.1) is 12.1 Å². The Labute approximate surface area is 313 Å². The highest BCUT2D eigenvalue weighted by Gasteiger charge is 2.40. The normalized spacial score (nSPS) is 21.4. The summed E-state index contributed by atoms with van der Waals surface area (Å²) < 4.78 is 0. The fourth-order valence-electron chi connectivity index (χ4n) is 8.18. The molecule has 0 amide bonds. The van der Waals surface area contributed by atoms with Crippen molar-refractivity contribution in [3.63, 3.8) is 0 Å². The van der Waals surface area contributed by atoms with E-state index in [0.29, 0.717) is 17.5 Å². The third kappa shape index (κ3) is 8.83. The first-order chi connectivity index (χ1) is 24.9. The molecular formula is C42H49N5O2S2. The van der Waals surface area contributed by atoms with Crippen LogP contribution in [-0.2, 0) is 25.7 Å². The van der Waals surface area contributed by atoms with E-state index in [1.165, 1.54) is 28.7 Å². The van der Waals surface area contributed by atoms with Crippen molar-refractivity contribution in [1.82, 2.24) is 24.9 Å². The Morgan fingerprint density at radius 2 is 1.29 bits per heavy atom. The second-order valence-electron chi connectivity index (χ2n) is 14.4. The molecule has 9 heteroatoms. The van der Waals surface area contributed by atoms with E-state index < -0.39 is 0 Å². The van der Waals surface area contributed by atoms with Gasteiger partial charge < -0.3 is 30.2 Å². The second kappa shape index (κ2) is 16.4. The number of likely N-dealkylation sites (tertiary alicyclic amines) is 1. The van der Waals surface area contributed by atoms with E-state index in [2.05, 4.69) is 85.6 Å². The quantitative estimate of drug-likeness (QED) is 0.136. The van der Waals surface area contributed by atoms with Crippen LogP contribution in [0.15, 0.2) is 109 Å². The molecule has 1 unspecified atom stereocenters. The lowest BCUT2D eigenvalue weighted by Crippen LogP contribution is -2.51. The van der Waals surface area contributed by atoms with Gasteiger partial charge in [0, 0.05) is 44.8 Å². The molecule has 3 fully saturated rings. The molecular weight excluding hydrogens is 671 g/mol. The van der Waals surface area contributed by atoms with E-state index in [1.807, 2.05) is 24.3 Å². The van der Waals surface area contributed by atoms with Crippen LogP contribution in [0.1, 0.15) is 35.1 Å². The summed E-state index contributed by atoms with van der Waals surface area (Å²) in [5.41, 5.74) is 5.07. The minimum atomic E-state index is 0.223. The van der Waals surface area contributed by atoms with Gasteiger partial charge in [-0.05, 0) is 116 Å². The first-order valence-electron chi connectivity index (χ1n) is 18.4. The first-order valence-corrected chi connectivity index (χ1v) is 19.2. The summed E-state index contributed by atoms with van der Waals surface area (Å²) >= 11 is 12.3. The van der Waals surface area contributed by atoms with Gasteiger partial charge in [0.15, 0.2) is 10.2 Å². The van der Waals surface area contributed by atoms with E-state index in [-0.39, 0.29) is 18.1 Å². The number of aromatic hydroxyl groups is 2. The summed E-state index contributed by atoms with van der Waals surface area (Å²) in [6.07, 6.45) is 5.96. The molecule has 4 aromatic carbocycles. The number of nitrogens with one attached hydrogen (secondary N) is 1. The molecule has 4 aromatic rings. The lowest BCUT2D eigenvalue weighted by atomic mass is 10.0. The SMILES string of the molecule is Oc1ccc(C[C@H]2CNC(=S)N2CC2CCCN2C[C@H](Cc2ccccc2)N2C[C@H](Cc3ccc(O)cc3)N(CCc3ccccc3)C2=S)cc1. The second-order valence-corrected chi connectivity index (χ2v) is 15.1. The maximum atomic E-state index is 9.96. The van der Waals surface area contributed by atoms with Crippen LogP contribution in [0, 0.1) is 0 Å². The van der Waals surface area contributed by atoms with E-state index in [9.17, 15) is 10.2 Å². The molecule has 3 aliphatic rings. The lowest BCUT2D eigenvalue weighted by Gasteiger charge is -2.37. The Morgan fingerprint density at radius 1 is 0.686 bits per heavy atom. The Kier molecular flexibility index (Phi) is 11.4. The minimum Gasteiger partial charge on any atom is -0.508 e. The third-order valence-corrected chi connectivity index (χ3v) is 11.8. The molecule has 3 N–H and O–H groups in total. The van der Waals surface area contributed by atoms with Crippen LogP contribution >= 0.6 is 24.4 Å². The van der Waals surface area contributed by atoms with E-state index in [0.717, 1.165) is 81.6 Å². The van der Waals surface area contributed by atoms with Crippen molar-refractivity contribution >= 4 is 34.7 Å². The van der Waals surface area contributed by atoms with Gasteiger partial charge in [-0.2, -0.15) is 0 Å². The number of benzene rings is 4. The molecule has 0 aliphatic carbocycles. The maximum Gasteiger partial charge on any atom is 0.172 e. The van der Waals surface area contributed by atoms with Gasteiger partial charge in [0.1, 0.15) is 11.5 Å². The Hall–Kier alpha value is -4.18. The van der Waals surface area contributed by atoms with Gasteiger partial charge in [-0.25, -0.2) is 0 Å². The standard InChI is InChI=1S/C42H49N5O2S2/c48-39-17-13-33(14-18-39)24-36-27-43-41(50)46(36)29-35-12-7-22-44(35)28-37(25-32-10-5-2-6-11-32)47-30-38(26-34-15-19-40(49)20-16-34)45(42(47)51)23-21-31-8-3-1-4-9-31/h1-6,8-11,13-20,35-38,48-49H,7,12,21-30H2,(H,43,50)/t35?,36-,37-,38-/m0/s1. The minimum absolute atomic E-state index is 0.223. The molecule has 0 bridgehead atoms. The number of rotatable bonds is 14. The van der Waals surface area contributed by atoms with Crippen molar-refractivity contribution in [2.45, 2.75) is 62.7 Å². The first kappa shape index (κ1) is 35.2. The fourth-order valence-corrected chi connectivity index (χ4v) is 8.95. The summed E-state index contributed by atoms with van der Waals surface area (Å²) in [5.74, 6) is 0.592. The molecule has 266 valence electrons. The van der Waals surface area contributed by atoms with Gasteiger partial charge in [-0.3, -0.25) is 4.90 Å². The van der Waals surface area contributed by atoms with Gasteiger partial charge in [-0.1, -0.05) is 84.9 Å². The van der Waals surface area contributed by atoms with Crippen LogP contribution in [0.2, 0.25) is 0 Å². The Morgan fingerprint density at radius 3 is 1.94 bits per heavy atom. The molecule has 3 saturated heterocycles. The molecule has 0 spiro atoms. The Bertz CT molecular complexity index is 1740. The van der Waals surface area contributed by atoms with E-state index in [4.69, 9.17) is 24.4 Å². The highest BCUT2D eigenvalue weighted by atomic mass is 32.1. The van der Waals surface area contributed by atoms with Crippen LogP contribution in [0.25, 0.3) is 0 Å². The highest BCUT2D eigenvalue weighted by molar-refractivity contribution is 7.80. The monoisotopic (exact) mass is 719 g/mol. The number of hydrogen-bond acceptors (Lipinski definition) is 5. The zero-order valence-electron chi connectivity index (χ0n) is 29.2. The number of phenolic OH excluding ortho intramolecular Hbond substituents is 2. The largest absolute Gasteiger partial charge is 0.508 e. The summed E-state index contributed by atoms with van der Waals surface area (Å²) in [6.45, 7) is 5.50. The summed E-state index contributed by atoms with van der Waals surface area (Å²) in [5, 5.41) is 25.0. The topological polar surface area (TPSA) is 65.5 Å². The molecule has 3 heterocycles. The van der Waals surface area contributed by atoms with Crippen LogP contribution in [-0.4, -0.2) is 103 Å². The van der Waals surface area contributed by atoms with Crippen molar-refractivity contribution < 1.29 is 10.2 Å². The predicted molar refractivity (Wildman–Crippen MR) is 213 cm³/mol. The fraction of sp³-hybridized carbons (Fsp3) is 0.381. The zero-order chi connectivity index (χ0) is 35.2. The van der Waals surface area contributed by atoms with Crippen LogP contribution in [0.4, 0.5) is 0 Å². The van der Waals surface area contributed by atoms with E-state index >= 15 is 0 Å². The van der Waals surface area contributed by atoms with Crippen LogP contribution < -0.4 is 5.32 Å². The zero-order valence-corrected chi connectivity index (χ0v) is 30.8. The number of hydrogen-bond donors (Lipinski definition) is 3.